The van der Waals surface area contributed by atoms with Crippen LogP contribution in [0.3, 0.4) is 0 Å². The first-order valence-corrected chi connectivity index (χ1v) is 5.72. The Bertz CT molecular complexity index is 562. The summed E-state index contributed by atoms with van der Waals surface area (Å²) < 4.78 is 26.7. The molecule has 0 amide bonds. The zero-order chi connectivity index (χ0) is 12.6. The van der Waals surface area contributed by atoms with Gasteiger partial charge in [-0.1, -0.05) is 0 Å². The molecule has 0 saturated heterocycles. The van der Waals surface area contributed by atoms with Crippen molar-refractivity contribution in [3.8, 4) is 16.9 Å². The lowest BCUT2D eigenvalue weighted by atomic mass is 10.0. The molecule has 0 atom stereocenters. The van der Waals surface area contributed by atoms with Crippen molar-refractivity contribution >= 4 is 15.9 Å². The van der Waals surface area contributed by atoms with Gasteiger partial charge in [0.15, 0.2) is 0 Å². The van der Waals surface area contributed by atoms with E-state index in [2.05, 4.69) is 15.9 Å². The van der Waals surface area contributed by atoms with Crippen LogP contribution >= 0.6 is 15.9 Å². The summed E-state index contributed by atoms with van der Waals surface area (Å²) in [6.07, 6.45) is 0. The highest BCUT2D eigenvalue weighted by Gasteiger charge is 2.11. The summed E-state index contributed by atoms with van der Waals surface area (Å²) in [5.41, 5.74) is 1.59. The number of rotatable bonds is 1. The third-order valence-electron chi connectivity index (χ3n) is 2.38. The molecule has 1 N–H and O–H groups in total. The monoisotopic (exact) mass is 298 g/mol. The third kappa shape index (κ3) is 2.47. The lowest BCUT2D eigenvalue weighted by molar-refractivity contribution is 0.473. The van der Waals surface area contributed by atoms with Crippen LogP contribution in [-0.4, -0.2) is 5.11 Å². The molecule has 0 fully saturated rings. The first kappa shape index (κ1) is 12.0. The van der Waals surface area contributed by atoms with Crippen molar-refractivity contribution in [2.75, 3.05) is 0 Å². The smallest absolute Gasteiger partial charge is 0.137 e. The first-order valence-electron chi connectivity index (χ1n) is 4.93. The summed E-state index contributed by atoms with van der Waals surface area (Å²) >= 11 is 3.19. The number of halogens is 3. The highest BCUT2D eigenvalue weighted by Crippen LogP contribution is 2.36. The van der Waals surface area contributed by atoms with E-state index < -0.39 is 11.6 Å². The minimum atomic E-state index is -0.669. The molecule has 0 radical (unpaired) electrons. The molecule has 1 nitrogen and oxygen atoms in total. The molecule has 2 aromatic rings. The Labute approximate surface area is 106 Å². The van der Waals surface area contributed by atoms with E-state index in [0.717, 1.165) is 11.6 Å². The van der Waals surface area contributed by atoms with E-state index in [9.17, 15) is 13.9 Å². The number of aromatic hydroxyl groups is 1. The van der Waals surface area contributed by atoms with Gasteiger partial charge in [0.05, 0.1) is 4.47 Å². The Kier molecular flexibility index (Phi) is 3.15. The minimum Gasteiger partial charge on any atom is -0.506 e. The summed E-state index contributed by atoms with van der Waals surface area (Å²) in [5, 5.41) is 9.87. The van der Waals surface area contributed by atoms with Gasteiger partial charge in [-0.15, -0.1) is 0 Å². The molecule has 0 spiro atoms. The quantitative estimate of drug-likeness (QED) is 0.827. The normalized spacial score (nSPS) is 10.6. The Balaban J connectivity index is 2.67. The van der Waals surface area contributed by atoms with Gasteiger partial charge < -0.3 is 5.11 Å². The number of phenolic OH excluding ortho intramolecular Hbond substituents is 1. The zero-order valence-corrected chi connectivity index (χ0v) is 10.6. The minimum absolute atomic E-state index is 0.0272. The summed E-state index contributed by atoms with van der Waals surface area (Å²) in [6.45, 7) is 1.84. The average Bonchev–Trinajstić information content (AvgIpc) is 2.22. The fourth-order valence-corrected chi connectivity index (χ4v) is 2.24. The maximum Gasteiger partial charge on any atom is 0.137 e. The largest absolute Gasteiger partial charge is 0.506 e. The van der Waals surface area contributed by atoms with Crippen LogP contribution in [0.25, 0.3) is 11.1 Å². The highest BCUT2D eigenvalue weighted by molar-refractivity contribution is 9.10. The van der Waals surface area contributed by atoms with E-state index in [1.54, 1.807) is 12.1 Å². The number of aryl methyl sites for hydroxylation is 1. The molecular formula is C13H9BrF2O. The van der Waals surface area contributed by atoms with E-state index in [0.29, 0.717) is 15.6 Å². The first-order chi connectivity index (χ1) is 7.97. The molecule has 0 aliphatic carbocycles. The lowest BCUT2D eigenvalue weighted by Gasteiger charge is -2.08. The van der Waals surface area contributed by atoms with Crippen molar-refractivity contribution in [1.82, 2.24) is 0 Å². The van der Waals surface area contributed by atoms with Crippen molar-refractivity contribution in [3.63, 3.8) is 0 Å². The fraction of sp³-hybridized carbons (Fsp3) is 0.0769. The SMILES string of the molecule is Cc1cc(Br)c(O)c(-c2cc(F)cc(F)c2)c1. The van der Waals surface area contributed by atoms with Gasteiger partial charge in [0.2, 0.25) is 0 Å². The topological polar surface area (TPSA) is 20.2 Å². The van der Waals surface area contributed by atoms with Gasteiger partial charge in [0, 0.05) is 11.6 Å². The predicted octanol–water partition coefficient (Wildman–Crippen LogP) is 4.41. The van der Waals surface area contributed by atoms with Crippen molar-refractivity contribution in [2.24, 2.45) is 0 Å². The molecule has 0 heterocycles. The summed E-state index contributed by atoms with van der Waals surface area (Å²) in [7, 11) is 0. The van der Waals surface area contributed by atoms with E-state index in [-0.39, 0.29) is 5.75 Å². The van der Waals surface area contributed by atoms with Crippen LogP contribution in [0, 0.1) is 18.6 Å². The van der Waals surface area contributed by atoms with Crippen molar-refractivity contribution in [1.29, 1.82) is 0 Å². The van der Waals surface area contributed by atoms with Crippen LogP contribution in [0.15, 0.2) is 34.8 Å². The van der Waals surface area contributed by atoms with E-state index in [4.69, 9.17) is 0 Å². The van der Waals surface area contributed by atoms with Crippen LogP contribution in [0.5, 0.6) is 5.75 Å². The molecule has 0 aliphatic heterocycles. The number of phenols is 1. The predicted molar refractivity (Wildman–Crippen MR) is 65.9 cm³/mol. The van der Waals surface area contributed by atoms with Crippen LogP contribution in [0.2, 0.25) is 0 Å². The Morgan fingerprint density at radius 1 is 1.00 bits per heavy atom. The second-order valence-corrected chi connectivity index (χ2v) is 4.66. The van der Waals surface area contributed by atoms with Crippen LogP contribution in [-0.2, 0) is 0 Å². The summed E-state index contributed by atoms with van der Waals surface area (Å²) in [5.74, 6) is -1.37. The third-order valence-corrected chi connectivity index (χ3v) is 2.99. The average molecular weight is 299 g/mol. The molecule has 0 saturated carbocycles. The van der Waals surface area contributed by atoms with Crippen molar-refractivity contribution < 1.29 is 13.9 Å². The van der Waals surface area contributed by atoms with Crippen LogP contribution in [0.4, 0.5) is 8.78 Å². The molecule has 4 heteroatoms. The number of benzene rings is 2. The highest BCUT2D eigenvalue weighted by atomic mass is 79.9. The Morgan fingerprint density at radius 3 is 2.18 bits per heavy atom. The van der Waals surface area contributed by atoms with E-state index in [1.807, 2.05) is 6.92 Å². The second kappa shape index (κ2) is 4.45. The molecule has 0 aliphatic rings. The van der Waals surface area contributed by atoms with Crippen molar-refractivity contribution in [3.05, 3.63) is 52.0 Å². The van der Waals surface area contributed by atoms with E-state index >= 15 is 0 Å². The van der Waals surface area contributed by atoms with Gasteiger partial charge in [-0.3, -0.25) is 0 Å². The molecule has 2 aromatic carbocycles. The van der Waals surface area contributed by atoms with Crippen LogP contribution < -0.4 is 0 Å². The number of hydrogen-bond acceptors (Lipinski definition) is 1. The summed E-state index contributed by atoms with van der Waals surface area (Å²) in [6, 6.07) is 6.57. The van der Waals surface area contributed by atoms with Gasteiger partial charge in [-0.2, -0.15) is 0 Å². The molecule has 17 heavy (non-hydrogen) atoms. The molecule has 0 aromatic heterocycles. The maximum atomic E-state index is 13.1. The summed E-state index contributed by atoms with van der Waals surface area (Å²) in [4.78, 5) is 0. The molecule has 88 valence electrons. The van der Waals surface area contributed by atoms with Gasteiger partial charge in [-0.05, 0) is 58.2 Å². The van der Waals surface area contributed by atoms with Gasteiger partial charge in [0.25, 0.3) is 0 Å². The van der Waals surface area contributed by atoms with Gasteiger partial charge >= 0.3 is 0 Å². The molecule has 2 rings (SSSR count). The maximum absolute atomic E-state index is 13.1. The molecular weight excluding hydrogens is 290 g/mol. The number of hydrogen-bond donors (Lipinski definition) is 1. The lowest BCUT2D eigenvalue weighted by Crippen LogP contribution is -1.87. The Hall–Kier alpha value is -1.42. The Morgan fingerprint density at radius 2 is 1.59 bits per heavy atom. The van der Waals surface area contributed by atoms with Gasteiger partial charge in [0.1, 0.15) is 17.4 Å². The van der Waals surface area contributed by atoms with Crippen molar-refractivity contribution in [2.45, 2.75) is 6.92 Å². The molecule has 0 bridgehead atoms. The van der Waals surface area contributed by atoms with Crippen LogP contribution in [0.1, 0.15) is 5.56 Å². The van der Waals surface area contributed by atoms with E-state index in [1.165, 1.54) is 12.1 Å². The standard InChI is InChI=1S/C13H9BrF2O/c1-7-2-11(13(17)12(14)3-7)8-4-9(15)6-10(16)5-8/h2-6,17H,1H3. The molecule has 0 unspecified atom stereocenters. The van der Waals surface area contributed by atoms with Gasteiger partial charge in [-0.25, -0.2) is 8.78 Å². The zero-order valence-electron chi connectivity index (χ0n) is 8.97. The second-order valence-electron chi connectivity index (χ2n) is 3.80. The fourth-order valence-electron chi connectivity index (χ4n) is 1.66.